The van der Waals surface area contributed by atoms with Crippen LogP contribution in [-0.2, 0) is 11.3 Å². The highest BCUT2D eigenvalue weighted by Crippen LogP contribution is 2.21. The van der Waals surface area contributed by atoms with E-state index in [0.29, 0.717) is 18.1 Å². The summed E-state index contributed by atoms with van der Waals surface area (Å²) in [6, 6.07) is 12.6. The summed E-state index contributed by atoms with van der Waals surface area (Å²) in [6.45, 7) is 0.357. The number of esters is 1. The minimum atomic E-state index is -0.832. The summed E-state index contributed by atoms with van der Waals surface area (Å²) in [5, 5.41) is 10.5. The summed E-state index contributed by atoms with van der Waals surface area (Å²) >= 11 is 0. The Morgan fingerprint density at radius 2 is 2.09 bits per heavy atom. The van der Waals surface area contributed by atoms with Crippen molar-refractivity contribution in [3.63, 3.8) is 0 Å². The van der Waals surface area contributed by atoms with Crippen molar-refractivity contribution in [2.45, 2.75) is 12.6 Å². The zero-order chi connectivity index (χ0) is 16.2. The van der Waals surface area contributed by atoms with Gasteiger partial charge < -0.3 is 18.8 Å². The Kier molecular flexibility index (Phi) is 4.25. The van der Waals surface area contributed by atoms with Crippen molar-refractivity contribution in [3.05, 3.63) is 77.8 Å². The van der Waals surface area contributed by atoms with Crippen molar-refractivity contribution < 1.29 is 19.1 Å². The summed E-state index contributed by atoms with van der Waals surface area (Å²) in [7, 11) is 1.30. The number of imidazole rings is 1. The van der Waals surface area contributed by atoms with Crippen molar-refractivity contribution in [1.29, 1.82) is 0 Å². The van der Waals surface area contributed by atoms with E-state index in [9.17, 15) is 9.90 Å². The molecular formula is C17H16N2O4. The van der Waals surface area contributed by atoms with Crippen molar-refractivity contribution in [2.24, 2.45) is 0 Å². The first kappa shape index (κ1) is 15.1. The number of ether oxygens (including phenoxy) is 1. The molecule has 0 saturated carbocycles. The molecule has 0 aliphatic heterocycles. The highest BCUT2D eigenvalue weighted by molar-refractivity contribution is 5.86. The third-order valence-corrected chi connectivity index (χ3v) is 3.48. The molecule has 0 fully saturated rings. The van der Waals surface area contributed by atoms with Crippen LogP contribution in [0.15, 0.2) is 59.3 Å². The molecule has 2 aromatic heterocycles. The maximum atomic E-state index is 11.4. The molecule has 23 heavy (non-hydrogen) atoms. The number of nitrogens with zero attached hydrogens (tertiary/aromatic N) is 2. The minimum Gasteiger partial charge on any atom is -0.463 e. The second kappa shape index (κ2) is 6.50. The van der Waals surface area contributed by atoms with Crippen molar-refractivity contribution in [3.8, 4) is 0 Å². The predicted molar refractivity (Wildman–Crippen MR) is 81.9 cm³/mol. The summed E-state index contributed by atoms with van der Waals surface area (Å²) in [5.41, 5.74) is 0.759. The number of methoxy groups -OCH3 is 1. The summed E-state index contributed by atoms with van der Waals surface area (Å²) < 4.78 is 11.8. The Morgan fingerprint density at radius 3 is 2.83 bits per heavy atom. The molecule has 2 heterocycles. The third-order valence-electron chi connectivity index (χ3n) is 3.48. The lowest BCUT2D eigenvalue weighted by atomic mass is 10.1. The predicted octanol–water partition coefficient (Wildman–Crippen LogP) is 2.39. The molecule has 3 rings (SSSR count). The molecule has 0 radical (unpaired) electrons. The number of aliphatic hydroxyl groups is 1. The van der Waals surface area contributed by atoms with Gasteiger partial charge in [-0.05, 0) is 17.7 Å². The Bertz CT molecular complexity index is 792. The number of aliphatic hydroxyl groups excluding tert-OH is 1. The number of carbonyl (C=O) groups is 1. The average Bonchev–Trinajstić information content (AvgIpc) is 3.24. The van der Waals surface area contributed by atoms with E-state index in [1.54, 1.807) is 29.1 Å². The number of hydrogen-bond acceptors (Lipinski definition) is 5. The Hall–Kier alpha value is -2.86. The van der Waals surface area contributed by atoms with Gasteiger partial charge in [0, 0.05) is 12.4 Å². The molecule has 6 heteroatoms. The van der Waals surface area contributed by atoms with Gasteiger partial charge in [-0.15, -0.1) is 0 Å². The van der Waals surface area contributed by atoms with Crippen LogP contribution in [0.5, 0.6) is 0 Å². The molecule has 0 bridgehead atoms. The van der Waals surface area contributed by atoms with Crippen molar-refractivity contribution in [1.82, 2.24) is 9.55 Å². The Morgan fingerprint density at radius 1 is 1.30 bits per heavy atom. The van der Waals surface area contributed by atoms with Gasteiger partial charge in [0.1, 0.15) is 17.7 Å². The van der Waals surface area contributed by atoms with E-state index < -0.39 is 12.1 Å². The zero-order valence-electron chi connectivity index (χ0n) is 12.5. The summed E-state index contributed by atoms with van der Waals surface area (Å²) in [5.74, 6) is 0.705. The van der Waals surface area contributed by atoms with Crippen LogP contribution in [-0.4, -0.2) is 27.7 Å². The van der Waals surface area contributed by atoms with Crippen LogP contribution >= 0.6 is 0 Å². The molecule has 1 atom stereocenters. The van der Waals surface area contributed by atoms with E-state index in [2.05, 4.69) is 9.72 Å². The van der Waals surface area contributed by atoms with Crippen LogP contribution in [0.25, 0.3) is 0 Å². The van der Waals surface area contributed by atoms with Crippen LogP contribution in [0.4, 0.5) is 0 Å². The quantitative estimate of drug-likeness (QED) is 0.732. The van der Waals surface area contributed by atoms with E-state index in [1.807, 2.05) is 30.3 Å². The topological polar surface area (TPSA) is 77.5 Å². The van der Waals surface area contributed by atoms with Gasteiger partial charge in [-0.2, -0.15) is 0 Å². The van der Waals surface area contributed by atoms with E-state index in [1.165, 1.54) is 7.11 Å². The van der Waals surface area contributed by atoms with Crippen molar-refractivity contribution >= 4 is 5.97 Å². The molecule has 0 unspecified atom stereocenters. The van der Waals surface area contributed by atoms with Gasteiger partial charge in [0.15, 0.2) is 0 Å². The van der Waals surface area contributed by atoms with Gasteiger partial charge in [-0.25, -0.2) is 9.78 Å². The fourth-order valence-corrected chi connectivity index (χ4v) is 2.33. The number of rotatable bonds is 5. The third kappa shape index (κ3) is 3.17. The van der Waals surface area contributed by atoms with Crippen molar-refractivity contribution in [2.75, 3.05) is 7.11 Å². The van der Waals surface area contributed by atoms with Crippen LogP contribution in [0.1, 0.15) is 33.8 Å². The second-order valence-electron chi connectivity index (χ2n) is 4.98. The highest BCUT2D eigenvalue weighted by Gasteiger charge is 2.17. The number of furan rings is 1. The van der Waals surface area contributed by atoms with Crippen LogP contribution in [0, 0.1) is 0 Å². The monoisotopic (exact) mass is 312 g/mol. The maximum Gasteiger partial charge on any atom is 0.373 e. The van der Waals surface area contributed by atoms with Gasteiger partial charge in [0.25, 0.3) is 0 Å². The maximum absolute atomic E-state index is 11.4. The van der Waals surface area contributed by atoms with Crippen LogP contribution < -0.4 is 0 Å². The zero-order valence-corrected chi connectivity index (χ0v) is 12.5. The van der Waals surface area contributed by atoms with Gasteiger partial charge >= 0.3 is 5.97 Å². The number of benzene rings is 1. The van der Waals surface area contributed by atoms with Gasteiger partial charge in [0.2, 0.25) is 5.76 Å². The number of hydrogen-bond donors (Lipinski definition) is 1. The molecule has 6 nitrogen and oxygen atoms in total. The lowest BCUT2D eigenvalue weighted by Crippen LogP contribution is -2.10. The molecule has 0 amide bonds. The van der Waals surface area contributed by atoms with Gasteiger partial charge in [0.05, 0.1) is 13.7 Å². The molecule has 1 N–H and O–H groups in total. The highest BCUT2D eigenvalue weighted by atomic mass is 16.5. The molecule has 0 saturated heterocycles. The second-order valence-corrected chi connectivity index (χ2v) is 4.98. The molecule has 118 valence electrons. The lowest BCUT2D eigenvalue weighted by molar-refractivity contribution is 0.0562. The normalized spacial score (nSPS) is 12.1. The molecule has 0 spiro atoms. The fourth-order valence-electron chi connectivity index (χ4n) is 2.33. The molecule has 0 aliphatic rings. The van der Waals surface area contributed by atoms with Gasteiger partial charge in [-0.1, -0.05) is 30.3 Å². The first-order chi connectivity index (χ1) is 11.2. The SMILES string of the molecule is COC(=O)c1ccc(Cn2ccnc2[C@@H](O)c2ccccc2)o1. The summed E-state index contributed by atoms with van der Waals surface area (Å²) in [6.07, 6.45) is 2.54. The molecule has 0 aliphatic carbocycles. The number of aromatic nitrogens is 2. The van der Waals surface area contributed by atoms with E-state index in [-0.39, 0.29) is 5.76 Å². The van der Waals surface area contributed by atoms with Crippen LogP contribution in [0.2, 0.25) is 0 Å². The first-order valence-electron chi connectivity index (χ1n) is 7.10. The Balaban J connectivity index is 1.81. The van der Waals surface area contributed by atoms with E-state index in [0.717, 1.165) is 5.56 Å². The summed E-state index contributed by atoms with van der Waals surface area (Å²) in [4.78, 5) is 15.6. The minimum absolute atomic E-state index is 0.146. The average molecular weight is 312 g/mol. The molecule has 1 aromatic carbocycles. The lowest BCUT2D eigenvalue weighted by Gasteiger charge is -2.12. The van der Waals surface area contributed by atoms with Crippen LogP contribution in [0.3, 0.4) is 0 Å². The van der Waals surface area contributed by atoms with Gasteiger partial charge in [-0.3, -0.25) is 0 Å². The Labute approximate surface area is 133 Å². The van der Waals surface area contributed by atoms with E-state index >= 15 is 0 Å². The largest absolute Gasteiger partial charge is 0.463 e. The van der Waals surface area contributed by atoms with E-state index in [4.69, 9.17) is 4.42 Å². The number of carbonyl (C=O) groups excluding carboxylic acids is 1. The standard InChI is InChI=1S/C17H16N2O4/c1-22-17(21)14-8-7-13(23-14)11-19-10-9-18-16(19)15(20)12-5-3-2-4-6-12/h2-10,15,20H,11H2,1H3/t15-/m0/s1. The smallest absolute Gasteiger partial charge is 0.373 e. The fraction of sp³-hybridized carbons (Fsp3) is 0.176. The molecule has 3 aromatic rings. The molecular weight excluding hydrogens is 296 g/mol. The first-order valence-corrected chi connectivity index (χ1v) is 7.10.